The Balaban J connectivity index is 0.00000242. The molecule has 0 unspecified atom stereocenters. The quantitative estimate of drug-likeness (QED) is 0.700. The van der Waals surface area contributed by atoms with Gasteiger partial charge in [0.25, 0.3) is 0 Å². The second kappa shape index (κ2) is 9.86. The van der Waals surface area contributed by atoms with Crippen LogP contribution in [0, 0.1) is 0 Å². The van der Waals surface area contributed by atoms with Crippen molar-refractivity contribution >= 4 is 18.3 Å². The number of hydrogen-bond donors (Lipinski definition) is 2. The Morgan fingerprint density at radius 1 is 1.18 bits per heavy atom. The Morgan fingerprint density at radius 2 is 1.95 bits per heavy atom. The number of nitrogens with zero attached hydrogens (tertiary/aromatic N) is 4. The molecule has 1 heterocycles. The van der Waals surface area contributed by atoms with E-state index in [1.165, 1.54) is 6.33 Å². The Bertz CT molecular complexity index is 543. The Hall–Kier alpha value is -1.99. The SMILES string of the molecule is CCCNCCNC(=O)Cc1ccc(-n2cnnn2)cc1.Cl. The van der Waals surface area contributed by atoms with Crippen LogP contribution < -0.4 is 10.6 Å². The lowest BCUT2D eigenvalue weighted by Gasteiger charge is -2.07. The molecular formula is C14H21ClN6O. The highest BCUT2D eigenvalue weighted by Crippen LogP contribution is 2.08. The van der Waals surface area contributed by atoms with E-state index in [2.05, 4.69) is 33.1 Å². The van der Waals surface area contributed by atoms with Gasteiger partial charge in [-0.3, -0.25) is 4.79 Å². The average Bonchev–Trinajstić information content (AvgIpc) is 3.02. The molecule has 2 rings (SSSR count). The maximum Gasteiger partial charge on any atom is 0.224 e. The number of tetrazole rings is 1. The fourth-order valence-electron chi connectivity index (χ4n) is 1.89. The molecule has 0 saturated carbocycles. The standard InChI is InChI=1S/C14H20N6O.ClH/c1-2-7-15-8-9-16-14(21)10-12-3-5-13(6-4-12)20-11-17-18-19-20;/h3-6,11,15H,2,7-10H2,1H3,(H,16,21);1H. The maximum atomic E-state index is 11.8. The molecule has 1 aromatic carbocycles. The van der Waals surface area contributed by atoms with Crippen LogP contribution in [0.3, 0.4) is 0 Å². The van der Waals surface area contributed by atoms with Crippen molar-refractivity contribution in [1.82, 2.24) is 30.8 Å². The highest BCUT2D eigenvalue weighted by Gasteiger charge is 2.03. The fourth-order valence-corrected chi connectivity index (χ4v) is 1.89. The van der Waals surface area contributed by atoms with Gasteiger partial charge in [-0.1, -0.05) is 19.1 Å². The molecule has 7 nitrogen and oxygen atoms in total. The number of rotatable bonds is 8. The van der Waals surface area contributed by atoms with Crippen LogP contribution in [-0.2, 0) is 11.2 Å². The third kappa shape index (κ3) is 5.79. The molecule has 8 heteroatoms. The monoisotopic (exact) mass is 324 g/mol. The number of benzene rings is 1. The topological polar surface area (TPSA) is 84.7 Å². The number of carbonyl (C=O) groups excluding carboxylic acids is 1. The van der Waals surface area contributed by atoms with Gasteiger partial charge >= 0.3 is 0 Å². The van der Waals surface area contributed by atoms with Crippen LogP contribution in [0.4, 0.5) is 0 Å². The predicted molar refractivity (Wildman–Crippen MR) is 86.3 cm³/mol. The van der Waals surface area contributed by atoms with Crippen molar-refractivity contribution in [1.29, 1.82) is 0 Å². The number of nitrogens with one attached hydrogen (secondary N) is 2. The molecule has 0 bridgehead atoms. The van der Waals surface area contributed by atoms with Crippen molar-refractivity contribution < 1.29 is 4.79 Å². The first-order valence-electron chi connectivity index (χ1n) is 7.09. The van der Waals surface area contributed by atoms with Gasteiger partial charge in [0.2, 0.25) is 5.91 Å². The van der Waals surface area contributed by atoms with Crippen LogP contribution >= 0.6 is 12.4 Å². The number of halogens is 1. The zero-order valence-electron chi connectivity index (χ0n) is 12.5. The molecule has 0 spiro atoms. The summed E-state index contributed by atoms with van der Waals surface area (Å²) in [5.41, 5.74) is 1.83. The van der Waals surface area contributed by atoms with E-state index in [9.17, 15) is 4.79 Å². The molecule has 0 aliphatic carbocycles. The summed E-state index contributed by atoms with van der Waals surface area (Å²) in [7, 11) is 0. The summed E-state index contributed by atoms with van der Waals surface area (Å²) in [5.74, 6) is 0.0310. The van der Waals surface area contributed by atoms with Gasteiger partial charge in [0, 0.05) is 13.1 Å². The molecule has 0 saturated heterocycles. The summed E-state index contributed by atoms with van der Waals surface area (Å²) in [5, 5.41) is 17.1. The van der Waals surface area contributed by atoms with Crippen LogP contribution in [0.25, 0.3) is 5.69 Å². The summed E-state index contributed by atoms with van der Waals surface area (Å²) in [6, 6.07) is 7.60. The van der Waals surface area contributed by atoms with Gasteiger partial charge in [0.05, 0.1) is 12.1 Å². The average molecular weight is 325 g/mol. The molecule has 0 aliphatic rings. The van der Waals surface area contributed by atoms with Gasteiger partial charge < -0.3 is 10.6 Å². The Morgan fingerprint density at radius 3 is 2.59 bits per heavy atom. The minimum Gasteiger partial charge on any atom is -0.355 e. The van der Waals surface area contributed by atoms with Crippen molar-refractivity contribution in [2.45, 2.75) is 19.8 Å². The minimum atomic E-state index is 0. The third-order valence-corrected chi connectivity index (χ3v) is 2.97. The van der Waals surface area contributed by atoms with Crippen molar-refractivity contribution in [2.24, 2.45) is 0 Å². The van der Waals surface area contributed by atoms with Gasteiger partial charge in [-0.25, -0.2) is 4.68 Å². The van der Waals surface area contributed by atoms with E-state index >= 15 is 0 Å². The second-order valence-corrected chi connectivity index (χ2v) is 4.70. The lowest BCUT2D eigenvalue weighted by molar-refractivity contribution is -0.120. The van der Waals surface area contributed by atoms with Crippen LogP contribution in [0.15, 0.2) is 30.6 Å². The summed E-state index contributed by atoms with van der Waals surface area (Å²) in [4.78, 5) is 11.8. The van der Waals surface area contributed by atoms with Gasteiger partial charge in [0.1, 0.15) is 6.33 Å². The molecule has 2 aromatic rings. The summed E-state index contributed by atoms with van der Waals surface area (Å²) >= 11 is 0. The van der Waals surface area contributed by atoms with E-state index in [0.717, 1.165) is 30.8 Å². The summed E-state index contributed by atoms with van der Waals surface area (Å²) in [6.07, 6.45) is 3.01. The Labute approximate surface area is 135 Å². The van der Waals surface area contributed by atoms with Gasteiger partial charge in [-0.05, 0) is 41.1 Å². The van der Waals surface area contributed by atoms with Crippen molar-refractivity contribution in [3.05, 3.63) is 36.2 Å². The van der Waals surface area contributed by atoms with Crippen molar-refractivity contribution in [3.8, 4) is 5.69 Å². The molecule has 2 N–H and O–H groups in total. The molecular weight excluding hydrogens is 304 g/mol. The molecule has 0 radical (unpaired) electrons. The van der Waals surface area contributed by atoms with Gasteiger partial charge in [0.15, 0.2) is 0 Å². The number of hydrogen-bond acceptors (Lipinski definition) is 5. The molecule has 0 atom stereocenters. The largest absolute Gasteiger partial charge is 0.355 e. The molecule has 0 fully saturated rings. The number of carbonyl (C=O) groups is 1. The van der Waals surface area contributed by atoms with E-state index in [-0.39, 0.29) is 18.3 Å². The van der Waals surface area contributed by atoms with E-state index in [0.29, 0.717) is 13.0 Å². The van der Waals surface area contributed by atoms with Crippen LogP contribution in [0.1, 0.15) is 18.9 Å². The molecule has 22 heavy (non-hydrogen) atoms. The molecule has 120 valence electrons. The first kappa shape index (κ1) is 18.1. The molecule has 1 amide bonds. The van der Waals surface area contributed by atoms with E-state index in [1.807, 2.05) is 24.3 Å². The predicted octanol–water partition coefficient (Wildman–Crippen LogP) is 0.742. The van der Waals surface area contributed by atoms with Crippen molar-refractivity contribution in [3.63, 3.8) is 0 Å². The van der Waals surface area contributed by atoms with E-state index in [1.54, 1.807) is 4.68 Å². The highest BCUT2D eigenvalue weighted by molar-refractivity contribution is 5.85. The van der Waals surface area contributed by atoms with Crippen LogP contribution in [-0.4, -0.2) is 45.7 Å². The van der Waals surface area contributed by atoms with Crippen molar-refractivity contribution in [2.75, 3.05) is 19.6 Å². The van der Waals surface area contributed by atoms with Crippen LogP contribution in [0.5, 0.6) is 0 Å². The van der Waals surface area contributed by atoms with Crippen LogP contribution in [0.2, 0.25) is 0 Å². The number of amides is 1. The second-order valence-electron chi connectivity index (χ2n) is 4.70. The smallest absolute Gasteiger partial charge is 0.224 e. The van der Waals surface area contributed by atoms with Gasteiger partial charge in [-0.15, -0.1) is 17.5 Å². The zero-order chi connectivity index (χ0) is 14.9. The minimum absolute atomic E-state index is 0. The van der Waals surface area contributed by atoms with E-state index < -0.39 is 0 Å². The lowest BCUT2D eigenvalue weighted by atomic mass is 10.1. The maximum absolute atomic E-state index is 11.8. The third-order valence-electron chi connectivity index (χ3n) is 2.97. The first-order chi connectivity index (χ1) is 10.3. The lowest BCUT2D eigenvalue weighted by Crippen LogP contribution is -2.32. The first-order valence-corrected chi connectivity index (χ1v) is 7.09. The molecule has 1 aromatic heterocycles. The zero-order valence-corrected chi connectivity index (χ0v) is 13.3. The van der Waals surface area contributed by atoms with E-state index in [4.69, 9.17) is 0 Å². The number of aromatic nitrogens is 4. The normalized spacial score (nSPS) is 10.0. The Kier molecular flexibility index (Phi) is 8.09. The fraction of sp³-hybridized carbons (Fsp3) is 0.429. The highest BCUT2D eigenvalue weighted by atomic mass is 35.5. The van der Waals surface area contributed by atoms with Gasteiger partial charge in [-0.2, -0.15) is 0 Å². The summed E-state index contributed by atoms with van der Waals surface area (Å²) in [6.45, 7) is 4.55. The summed E-state index contributed by atoms with van der Waals surface area (Å²) < 4.78 is 1.57. The molecule has 0 aliphatic heterocycles.